The molecule has 0 fully saturated rings. The van der Waals surface area contributed by atoms with E-state index in [-0.39, 0.29) is 17.1 Å². The lowest BCUT2D eigenvalue weighted by atomic mass is 10.1. The van der Waals surface area contributed by atoms with Gasteiger partial charge in [-0.05, 0) is 38.8 Å². The molecule has 1 heterocycles. The van der Waals surface area contributed by atoms with Crippen LogP contribution in [-0.4, -0.2) is 26.0 Å². The second kappa shape index (κ2) is 7.25. The highest BCUT2D eigenvalue weighted by molar-refractivity contribution is 8.00. The Kier molecular flexibility index (Phi) is 5.54. The summed E-state index contributed by atoms with van der Waals surface area (Å²) in [6, 6.07) is 4.12. The van der Waals surface area contributed by atoms with Crippen LogP contribution in [0.3, 0.4) is 0 Å². The Morgan fingerprint density at radius 2 is 1.75 bits per heavy atom. The van der Waals surface area contributed by atoms with Crippen LogP contribution in [0.15, 0.2) is 17.3 Å². The summed E-state index contributed by atoms with van der Waals surface area (Å²) in [5.41, 5.74) is 4.17. The summed E-state index contributed by atoms with van der Waals surface area (Å²) in [6.07, 6.45) is 0. The van der Waals surface area contributed by atoms with Gasteiger partial charge in [-0.25, -0.2) is 4.68 Å². The number of aromatic nitrogens is 3. The minimum Gasteiger partial charge on any atom is -0.336 e. The van der Waals surface area contributed by atoms with Crippen molar-refractivity contribution in [1.82, 2.24) is 14.9 Å². The third kappa shape index (κ3) is 3.90. The Balaban J connectivity index is 2.11. The molecule has 130 valence electrons. The van der Waals surface area contributed by atoms with Crippen molar-refractivity contribution in [2.45, 2.75) is 57.9 Å². The number of aryl methyl sites for hydroxylation is 3. The van der Waals surface area contributed by atoms with Crippen molar-refractivity contribution in [2.75, 3.05) is 11.2 Å². The summed E-state index contributed by atoms with van der Waals surface area (Å²) in [7, 11) is 0. The van der Waals surface area contributed by atoms with E-state index < -0.39 is 0 Å². The van der Waals surface area contributed by atoms with Gasteiger partial charge in [0.25, 0.3) is 0 Å². The number of hydrogen-bond donors (Lipinski definition) is 2. The molecule has 1 aromatic carbocycles. The Morgan fingerprint density at radius 1 is 1.17 bits per heavy atom. The van der Waals surface area contributed by atoms with Crippen LogP contribution in [0, 0.1) is 20.8 Å². The molecule has 24 heavy (non-hydrogen) atoms. The minimum absolute atomic E-state index is 0.0795. The number of carbonyl (C=O) groups is 1. The molecule has 1 atom stereocenters. The van der Waals surface area contributed by atoms with E-state index in [1.54, 1.807) is 0 Å². The number of nitrogen functional groups attached to an aromatic ring is 1. The summed E-state index contributed by atoms with van der Waals surface area (Å²) in [5.74, 6) is 6.81. The Morgan fingerprint density at radius 3 is 2.25 bits per heavy atom. The van der Waals surface area contributed by atoms with E-state index in [2.05, 4.69) is 27.6 Å². The fraction of sp³-hybridized carbons (Fsp3) is 0.471. The van der Waals surface area contributed by atoms with Crippen molar-refractivity contribution in [3.8, 4) is 0 Å². The van der Waals surface area contributed by atoms with Crippen LogP contribution >= 0.6 is 11.8 Å². The quantitative estimate of drug-likeness (QED) is 0.641. The maximum atomic E-state index is 12.5. The molecule has 0 aliphatic heterocycles. The number of anilines is 1. The van der Waals surface area contributed by atoms with Crippen molar-refractivity contribution in [2.24, 2.45) is 0 Å². The molecule has 0 radical (unpaired) electrons. The average molecular weight is 347 g/mol. The van der Waals surface area contributed by atoms with Crippen LogP contribution in [0.25, 0.3) is 0 Å². The molecule has 1 aromatic heterocycles. The highest BCUT2D eigenvalue weighted by Gasteiger charge is 2.21. The minimum atomic E-state index is -0.336. The number of amides is 1. The van der Waals surface area contributed by atoms with Gasteiger partial charge in [0.15, 0.2) is 5.82 Å². The van der Waals surface area contributed by atoms with E-state index in [0.29, 0.717) is 11.0 Å². The second-order valence-electron chi connectivity index (χ2n) is 6.39. The van der Waals surface area contributed by atoms with E-state index >= 15 is 0 Å². The molecule has 0 bridgehead atoms. The SMILES string of the molecule is Cc1cc(C)c(NC(=O)[C@H](C)Sc2nnc(C(C)C)n2N)c(C)c1. The Labute approximate surface area is 147 Å². The zero-order chi connectivity index (χ0) is 18.0. The summed E-state index contributed by atoms with van der Waals surface area (Å²) < 4.78 is 1.46. The first kappa shape index (κ1) is 18.3. The predicted molar refractivity (Wildman–Crippen MR) is 98.9 cm³/mol. The molecule has 7 heteroatoms. The Bertz CT molecular complexity index is 730. The third-order valence-electron chi connectivity index (χ3n) is 3.78. The van der Waals surface area contributed by atoms with Crippen molar-refractivity contribution in [3.63, 3.8) is 0 Å². The lowest BCUT2D eigenvalue weighted by Gasteiger charge is -2.16. The van der Waals surface area contributed by atoms with Gasteiger partial charge in [0.2, 0.25) is 11.1 Å². The molecule has 0 spiro atoms. The maximum Gasteiger partial charge on any atom is 0.237 e. The van der Waals surface area contributed by atoms with Gasteiger partial charge in [0, 0.05) is 11.6 Å². The van der Waals surface area contributed by atoms with Crippen LogP contribution in [0.4, 0.5) is 5.69 Å². The van der Waals surface area contributed by atoms with Crippen LogP contribution in [-0.2, 0) is 4.79 Å². The van der Waals surface area contributed by atoms with E-state index in [4.69, 9.17) is 5.84 Å². The standard InChI is InChI=1S/C17H25N5OS/c1-9(2)15-20-21-17(22(15)18)24-13(6)16(23)19-14-11(4)7-10(3)8-12(14)5/h7-9,13H,18H2,1-6H3,(H,19,23)/t13-/m0/s1. The molecule has 0 unspecified atom stereocenters. The largest absolute Gasteiger partial charge is 0.336 e. The number of nitrogens with two attached hydrogens (primary N) is 1. The van der Waals surface area contributed by atoms with Crippen molar-refractivity contribution in [3.05, 3.63) is 34.6 Å². The van der Waals surface area contributed by atoms with Crippen LogP contribution < -0.4 is 11.2 Å². The topological polar surface area (TPSA) is 85.8 Å². The first-order chi connectivity index (χ1) is 11.2. The summed E-state index contributed by atoms with van der Waals surface area (Å²) >= 11 is 1.30. The van der Waals surface area contributed by atoms with Crippen LogP contribution in [0.2, 0.25) is 0 Å². The van der Waals surface area contributed by atoms with Gasteiger partial charge in [-0.15, -0.1) is 10.2 Å². The molecule has 0 saturated heterocycles. The van der Waals surface area contributed by atoms with Gasteiger partial charge < -0.3 is 11.2 Å². The highest BCUT2D eigenvalue weighted by atomic mass is 32.2. The van der Waals surface area contributed by atoms with Gasteiger partial charge in [-0.2, -0.15) is 0 Å². The van der Waals surface area contributed by atoms with Gasteiger partial charge in [-0.1, -0.05) is 43.3 Å². The monoisotopic (exact) mass is 347 g/mol. The zero-order valence-electron chi connectivity index (χ0n) is 15.0. The molecule has 3 N–H and O–H groups in total. The van der Waals surface area contributed by atoms with E-state index in [1.165, 1.54) is 22.0 Å². The van der Waals surface area contributed by atoms with E-state index in [9.17, 15) is 4.79 Å². The Hall–Kier alpha value is -2.02. The third-order valence-corrected chi connectivity index (χ3v) is 4.84. The number of rotatable bonds is 5. The predicted octanol–water partition coefficient (Wildman–Crippen LogP) is 3.16. The first-order valence-corrected chi connectivity index (χ1v) is 8.84. The number of nitrogens with one attached hydrogen (secondary N) is 1. The maximum absolute atomic E-state index is 12.5. The molecule has 6 nitrogen and oxygen atoms in total. The fourth-order valence-corrected chi connectivity index (χ4v) is 3.35. The van der Waals surface area contributed by atoms with E-state index in [1.807, 2.05) is 41.5 Å². The molecule has 0 aliphatic carbocycles. The first-order valence-electron chi connectivity index (χ1n) is 7.96. The molecule has 2 rings (SSSR count). The highest BCUT2D eigenvalue weighted by Crippen LogP contribution is 2.26. The lowest BCUT2D eigenvalue weighted by Crippen LogP contribution is -2.24. The number of benzene rings is 1. The molecule has 0 saturated carbocycles. The number of nitrogens with zero attached hydrogens (tertiary/aromatic N) is 3. The van der Waals surface area contributed by atoms with Gasteiger partial charge in [0.05, 0.1) is 5.25 Å². The number of hydrogen-bond acceptors (Lipinski definition) is 5. The second-order valence-corrected chi connectivity index (χ2v) is 7.70. The smallest absolute Gasteiger partial charge is 0.237 e. The number of thioether (sulfide) groups is 1. The fourth-order valence-electron chi connectivity index (χ4n) is 2.58. The van der Waals surface area contributed by atoms with Crippen molar-refractivity contribution in [1.29, 1.82) is 0 Å². The van der Waals surface area contributed by atoms with Gasteiger partial charge in [0.1, 0.15) is 0 Å². The normalized spacial score (nSPS) is 12.5. The van der Waals surface area contributed by atoms with Crippen molar-refractivity contribution < 1.29 is 4.79 Å². The summed E-state index contributed by atoms with van der Waals surface area (Å²) in [4.78, 5) is 12.5. The zero-order valence-corrected chi connectivity index (χ0v) is 15.9. The summed E-state index contributed by atoms with van der Waals surface area (Å²) in [6.45, 7) is 11.9. The summed E-state index contributed by atoms with van der Waals surface area (Å²) in [5, 5.41) is 11.4. The number of carbonyl (C=O) groups excluding carboxylic acids is 1. The van der Waals surface area contributed by atoms with Gasteiger partial charge in [-0.3, -0.25) is 4.79 Å². The van der Waals surface area contributed by atoms with Gasteiger partial charge >= 0.3 is 0 Å². The molecule has 1 amide bonds. The molecule has 2 aromatic rings. The van der Waals surface area contributed by atoms with Crippen LogP contribution in [0.1, 0.15) is 49.2 Å². The van der Waals surface area contributed by atoms with Crippen LogP contribution in [0.5, 0.6) is 0 Å². The van der Waals surface area contributed by atoms with Crippen molar-refractivity contribution >= 4 is 23.4 Å². The molecular weight excluding hydrogens is 322 g/mol. The van der Waals surface area contributed by atoms with E-state index in [0.717, 1.165) is 16.8 Å². The molecule has 0 aliphatic rings. The molecular formula is C17H25N5OS. The average Bonchev–Trinajstić information content (AvgIpc) is 2.83. The lowest BCUT2D eigenvalue weighted by molar-refractivity contribution is -0.115.